The molecule has 0 aliphatic carbocycles. The van der Waals surface area contributed by atoms with E-state index in [1.807, 2.05) is 0 Å². The highest BCUT2D eigenvalue weighted by Crippen LogP contribution is 2.25. The van der Waals surface area contributed by atoms with E-state index in [1.54, 1.807) is 0 Å². The molecule has 0 spiro atoms. The second-order valence-corrected chi connectivity index (χ2v) is 4.89. The van der Waals surface area contributed by atoms with Gasteiger partial charge in [0.1, 0.15) is 0 Å². The molecule has 1 heterocycles. The molecule has 1 aromatic carbocycles. The van der Waals surface area contributed by atoms with Crippen molar-refractivity contribution in [2.45, 2.75) is 26.1 Å². The normalized spacial score (nSPS) is 17.1. The molecular formula is C13H15BF4O3. The molecule has 3 nitrogen and oxygen atoms in total. The van der Waals surface area contributed by atoms with E-state index in [-0.39, 0.29) is 0 Å². The summed E-state index contributed by atoms with van der Waals surface area (Å²) in [6, 6.07) is 3.16. The van der Waals surface area contributed by atoms with Crippen LogP contribution in [-0.2, 0) is 9.31 Å². The van der Waals surface area contributed by atoms with Crippen LogP contribution >= 0.6 is 0 Å². The fraction of sp³-hybridized carbons (Fsp3) is 0.538. The van der Waals surface area contributed by atoms with Crippen LogP contribution in [0.4, 0.5) is 17.6 Å². The summed E-state index contributed by atoms with van der Waals surface area (Å²) in [5.74, 6) is -1.68. The van der Waals surface area contributed by atoms with Crippen LogP contribution in [-0.4, -0.2) is 26.7 Å². The van der Waals surface area contributed by atoms with Crippen molar-refractivity contribution in [3.8, 4) is 5.75 Å². The summed E-state index contributed by atoms with van der Waals surface area (Å²) in [5.41, 5.74) is 0.331. The van der Waals surface area contributed by atoms with Crippen molar-refractivity contribution in [3.05, 3.63) is 24.0 Å². The third-order valence-electron chi connectivity index (χ3n) is 3.12. The third-order valence-corrected chi connectivity index (χ3v) is 3.12. The molecule has 8 heteroatoms. The van der Waals surface area contributed by atoms with Crippen molar-refractivity contribution in [2.24, 2.45) is 5.92 Å². The molecule has 0 N–H and O–H groups in total. The average Bonchev–Trinajstić information content (AvgIpc) is 2.41. The van der Waals surface area contributed by atoms with Gasteiger partial charge >= 0.3 is 13.5 Å². The second-order valence-electron chi connectivity index (χ2n) is 4.89. The van der Waals surface area contributed by atoms with Gasteiger partial charge in [0.25, 0.3) is 0 Å². The van der Waals surface area contributed by atoms with Gasteiger partial charge in [0.05, 0.1) is 0 Å². The van der Waals surface area contributed by atoms with E-state index < -0.39 is 25.0 Å². The Kier molecular flexibility index (Phi) is 5.11. The van der Waals surface area contributed by atoms with Gasteiger partial charge in [0.2, 0.25) is 0 Å². The Balaban J connectivity index is 2.01. The van der Waals surface area contributed by atoms with Gasteiger partial charge in [-0.1, -0.05) is 19.4 Å². The summed E-state index contributed by atoms with van der Waals surface area (Å²) in [6.45, 7) is 3.03. The third kappa shape index (κ3) is 4.61. The molecule has 0 bridgehead atoms. The van der Waals surface area contributed by atoms with Crippen LogP contribution in [0.25, 0.3) is 0 Å². The summed E-state index contributed by atoms with van der Waals surface area (Å²) in [6.07, 6.45) is -2.94. The summed E-state index contributed by atoms with van der Waals surface area (Å²) in [4.78, 5) is 0. The first-order valence-corrected chi connectivity index (χ1v) is 6.67. The quantitative estimate of drug-likeness (QED) is 0.632. The van der Waals surface area contributed by atoms with E-state index in [2.05, 4.69) is 11.7 Å². The van der Waals surface area contributed by atoms with Crippen molar-refractivity contribution in [3.63, 3.8) is 0 Å². The van der Waals surface area contributed by atoms with Gasteiger partial charge in [-0.3, -0.25) is 0 Å². The Morgan fingerprint density at radius 3 is 2.48 bits per heavy atom. The van der Waals surface area contributed by atoms with E-state index in [9.17, 15) is 17.6 Å². The van der Waals surface area contributed by atoms with Gasteiger partial charge in [-0.2, -0.15) is 0 Å². The van der Waals surface area contributed by atoms with Crippen LogP contribution in [0.3, 0.4) is 0 Å². The Labute approximate surface area is 120 Å². The van der Waals surface area contributed by atoms with Gasteiger partial charge < -0.3 is 14.0 Å². The maximum atomic E-state index is 13.6. The molecule has 0 radical (unpaired) electrons. The van der Waals surface area contributed by atoms with Crippen LogP contribution in [0.5, 0.6) is 5.75 Å². The fourth-order valence-corrected chi connectivity index (χ4v) is 2.18. The van der Waals surface area contributed by atoms with Gasteiger partial charge in [0, 0.05) is 19.1 Å². The number of rotatable bonds is 4. The topological polar surface area (TPSA) is 27.7 Å². The van der Waals surface area contributed by atoms with Gasteiger partial charge in [0.15, 0.2) is 11.6 Å². The number of hydrogen-bond donors (Lipinski definition) is 0. The Morgan fingerprint density at radius 1 is 1.29 bits per heavy atom. The lowest BCUT2D eigenvalue weighted by Crippen LogP contribution is -2.44. The monoisotopic (exact) mass is 306 g/mol. The first-order chi connectivity index (χ1) is 9.89. The lowest BCUT2D eigenvalue weighted by molar-refractivity contribution is -0.275. The molecule has 0 saturated carbocycles. The zero-order valence-electron chi connectivity index (χ0n) is 11.5. The molecule has 1 saturated heterocycles. The highest BCUT2D eigenvalue weighted by atomic mass is 19.4. The number of alkyl halides is 3. The van der Waals surface area contributed by atoms with Crippen molar-refractivity contribution in [1.82, 2.24) is 0 Å². The molecule has 1 aliphatic rings. The van der Waals surface area contributed by atoms with Crippen molar-refractivity contribution >= 4 is 12.6 Å². The molecule has 116 valence electrons. The molecule has 0 atom stereocenters. The van der Waals surface area contributed by atoms with Crippen molar-refractivity contribution in [2.75, 3.05) is 13.2 Å². The van der Waals surface area contributed by atoms with E-state index in [0.717, 1.165) is 25.0 Å². The van der Waals surface area contributed by atoms with E-state index in [1.165, 1.54) is 6.07 Å². The first kappa shape index (κ1) is 16.1. The fourth-order valence-electron chi connectivity index (χ4n) is 2.18. The smallest absolute Gasteiger partial charge is 0.407 e. The molecular weight excluding hydrogens is 291 g/mol. The minimum absolute atomic E-state index is 0.295. The van der Waals surface area contributed by atoms with Crippen LogP contribution < -0.4 is 10.2 Å². The minimum atomic E-state index is -4.92. The minimum Gasteiger partial charge on any atom is -0.407 e. The molecule has 0 amide bonds. The van der Waals surface area contributed by atoms with Crippen LogP contribution in [0.15, 0.2) is 18.2 Å². The highest BCUT2D eigenvalue weighted by molar-refractivity contribution is 6.61. The van der Waals surface area contributed by atoms with Crippen LogP contribution in [0.1, 0.15) is 19.8 Å². The molecule has 1 aliphatic heterocycles. The van der Waals surface area contributed by atoms with Gasteiger partial charge in [-0.15, -0.1) is 13.2 Å². The Bertz CT molecular complexity index is 473. The summed E-state index contributed by atoms with van der Waals surface area (Å²) < 4.78 is 64.3. The zero-order chi connectivity index (χ0) is 15.5. The van der Waals surface area contributed by atoms with E-state index in [4.69, 9.17) is 9.31 Å². The van der Waals surface area contributed by atoms with Gasteiger partial charge in [-0.05, 0) is 24.0 Å². The number of ether oxygens (including phenoxy) is 1. The van der Waals surface area contributed by atoms with Gasteiger partial charge in [-0.25, -0.2) is 4.39 Å². The van der Waals surface area contributed by atoms with Crippen LogP contribution in [0.2, 0.25) is 0 Å². The predicted octanol–water partition coefficient (Wildman–Crippen LogP) is 2.88. The predicted molar refractivity (Wildman–Crippen MR) is 68.8 cm³/mol. The SMILES string of the molecule is CCCC1COB(c2ccc(OC(F)(F)F)c(F)c2)OC1. The lowest BCUT2D eigenvalue weighted by atomic mass is 9.77. The van der Waals surface area contributed by atoms with Crippen molar-refractivity contribution < 1.29 is 31.6 Å². The second kappa shape index (κ2) is 6.66. The van der Waals surface area contributed by atoms with E-state index >= 15 is 0 Å². The molecule has 2 rings (SSSR count). The largest absolute Gasteiger partial charge is 0.573 e. The Morgan fingerprint density at radius 2 is 1.95 bits per heavy atom. The van der Waals surface area contributed by atoms with Crippen molar-refractivity contribution in [1.29, 1.82) is 0 Å². The number of hydrogen-bond acceptors (Lipinski definition) is 3. The Hall–Kier alpha value is -1.28. The maximum absolute atomic E-state index is 13.6. The lowest BCUT2D eigenvalue weighted by Gasteiger charge is -2.27. The standard InChI is InChI=1S/C13H15BF4O3/c1-2-3-9-7-19-14(20-8-9)10-4-5-12(11(15)6-10)21-13(16,17)18/h4-6,9H,2-3,7-8H2,1H3. The molecule has 1 aromatic rings. The molecule has 21 heavy (non-hydrogen) atoms. The number of benzene rings is 1. The van der Waals surface area contributed by atoms with E-state index in [0.29, 0.717) is 24.6 Å². The molecule has 1 fully saturated rings. The summed E-state index contributed by atoms with van der Waals surface area (Å²) >= 11 is 0. The number of halogens is 4. The summed E-state index contributed by atoms with van der Waals surface area (Å²) in [7, 11) is -0.757. The highest BCUT2D eigenvalue weighted by Gasteiger charge is 2.34. The summed E-state index contributed by atoms with van der Waals surface area (Å²) in [5, 5.41) is 0. The first-order valence-electron chi connectivity index (χ1n) is 6.67. The molecule has 0 aromatic heterocycles. The zero-order valence-corrected chi connectivity index (χ0v) is 11.5. The van der Waals surface area contributed by atoms with Crippen LogP contribution in [0, 0.1) is 11.7 Å². The maximum Gasteiger partial charge on any atom is 0.573 e. The average molecular weight is 306 g/mol. The molecule has 0 unspecified atom stereocenters.